The molecule has 6 heteroatoms. The molecule has 0 unspecified atom stereocenters. The third kappa shape index (κ3) is 2.56. The largest absolute Gasteiger partial charge is 0.329 e. The number of halogens is 1. The average molecular weight is 334 g/mol. The number of nitrogens with two attached hydrogens (primary N) is 2. The molecule has 0 heterocycles. The van der Waals surface area contributed by atoms with Crippen molar-refractivity contribution in [3.8, 4) is 0 Å². The number of sulfone groups is 1. The quantitative estimate of drug-likeness (QED) is 0.891. The van der Waals surface area contributed by atoms with Crippen molar-refractivity contribution < 1.29 is 12.8 Å². The van der Waals surface area contributed by atoms with Crippen LogP contribution in [-0.4, -0.2) is 25.8 Å². The Balaban J connectivity index is 2.01. The Bertz CT molecular complexity index is 819. The standard InChI is InChI=1S/C17H19FN2O2S/c1-11-2-8-14(9-3-11)23(21,22)16-15(17(16,20)10-19)12-4-6-13(18)7-5-12/h2-9,15-16H,10,19-20H2,1H3/t15-,16+,17-/m0/s1. The van der Waals surface area contributed by atoms with E-state index in [9.17, 15) is 12.8 Å². The molecule has 1 aliphatic rings. The van der Waals surface area contributed by atoms with Crippen LogP contribution in [-0.2, 0) is 9.84 Å². The van der Waals surface area contributed by atoms with Crippen LogP contribution in [0.5, 0.6) is 0 Å². The predicted molar refractivity (Wildman–Crippen MR) is 87.3 cm³/mol. The summed E-state index contributed by atoms with van der Waals surface area (Å²) in [5.41, 5.74) is 12.7. The fourth-order valence-electron chi connectivity index (χ4n) is 3.16. The van der Waals surface area contributed by atoms with E-state index < -0.39 is 26.5 Å². The number of aryl methyl sites for hydroxylation is 1. The Morgan fingerprint density at radius 1 is 1.09 bits per heavy atom. The fraction of sp³-hybridized carbons (Fsp3) is 0.294. The first kappa shape index (κ1) is 16.1. The second-order valence-corrected chi connectivity index (χ2v) is 8.19. The Labute approximate surface area is 135 Å². The van der Waals surface area contributed by atoms with Gasteiger partial charge in [0.05, 0.1) is 15.7 Å². The number of benzene rings is 2. The molecule has 4 nitrogen and oxygen atoms in total. The number of rotatable bonds is 4. The van der Waals surface area contributed by atoms with Crippen LogP contribution in [0.25, 0.3) is 0 Å². The minimum absolute atomic E-state index is 0.0464. The Morgan fingerprint density at radius 2 is 1.65 bits per heavy atom. The van der Waals surface area contributed by atoms with E-state index in [0.29, 0.717) is 5.56 Å². The van der Waals surface area contributed by atoms with Crippen LogP contribution < -0.4 is 11.5 Å². The zero-order chi connectivity index (χ0) is 16.8. The highest BCUT2D eigenvalue weighted by atomic mass is 32.2. The molecule has 2 aromatic carbocycles. The SMILES string of the molecule is Cc1ccc(S(=O)(=O)[C@@H]2[C@H](c3ccc(F)cc3)[C@@]2(N)CN)cc1. The summed E-state index contributed by atoms with van der Waals surface area (Å²) in [6.45, 7) is 1.94. The van der Waals surface area contributed by atoms with E-state index in [0.717, 1.165) is 5.56 Å². The molecular weight excluding hydrogens is 315 g/mol. The monoisotopic (exact) mass is 334 g/mol. The van der Waals surface area contributed by atoms with Crippen LogP contribution >= 0.6 is 0 Å². The van der Waals surface area contributed by atoms with Crippen molar-refractivity contribution in [1.29, 1.82) is 0 Å². The van der Waals surface area contributed by atoms with E-state index in [2.05, 4.69) is 0 Å². The first-order chi connectivity index (χ1) is 10.8. The lowest BCUT2D eigenvalue weighted by atomic mass is 10.1. The summed E-state index contributed by atoms with van der Waals surface area (Å²) in [5.74, 6) is -0.804. The van der Waals surface area contributed by atoms with Crippen molar-refractivity contribution in [2.24, 2.45) is 11.5 Å². The summed E-state index contributed by atoms with van der Waals surface area (Å²) in [6, 6.07) is 12.4. The van der Waals surface area contributed by atoms with Gasteiger partial charge in [0.1, 0.15) is 5.82 Å². The molecule has 3 rings (SSSR count). The fourth-order valence-corrected chi connectivity index (χ4v) is 5.48. The van der Waals surface area contributed by atoms with Gasteiger partial charge in [-0.3, -0.25) is 0 Å². The van der Waals surface area contributed by atoms with Gasteiger partial charge in [0, 0.05) is 12.5 Å². The maximum Gasteiger partial charge on any atom is 0.183 e. The zero-order valence-corrected chi connectivity index (χ0v) is 13.6. The highest BCUT2D eigenvalue weighted by molar-refractivity contribution is 7.92. The Hall–Kier alpha value is -1.76. The van der Waals surface area contributed by atoms with Crippen molar-refractivity contribution >= 4 is 9.84 Å². The second kappa shape index (κ2) is 5.40. The van der Waals surface area contributed by atoms with E-state index in [1.54, 1.807) is 36.4 Å². The van der Waals surface area contributed by atoms with Crippen molar-refractivity contribution in [2.45, 2.75) is 28.5 Å². The highest BCUT2D eigenvalue weighted by Gasteiger charge is 2.68. The first-order valence-corrected chi connectivity index (χ1v) is 8.90. The van der Waals surface area contributed by atoms with Crippen LogP contribution in [0.3, 0.4) is 0 Å². The topological polar surface area (TPSA) is 86.2 Å². The zero-order valence-electron chi connectivity index (χ0n) is 12.7. The number of hydrogen-bond donors (Lipinski definition) is 2. The van der Waals surface area contributed by atoms with Crippen molar-refractivity contribution in [3.05, 3.63) is 65.5 Å². The minimum Gasteiger partial charge on any atom is -0.329 e. The molecule has 1 aliphatic carbocycles. The molecule has 0 spiro atoms. The molecule has 1 fully saturated rings. The van der Waals surface area contributed by atoms with Crippen LogP contribution in [0.2, 0.25) is 0 Å². The van der Waals surface area contributed by atoms with E-state index in [1.165, 1.54) is 12.1 Å². The predicted octanol–water partition coefficient (Wildman–Crippen LogP) is 1.73. The molecule has 3 atom stereocenters. The third-order valence-electron chi connectivity index (χ3n) is 4.57. The molecule has 0 radical (unpaired) electrons. The molecule has 0 saturated heterocycles. The van der Waals surface area contributed by atoms with Gasteiger partial charge in [0.2, 0.25) is 0 Å². The maximum atomic E-state index is 13.1. The third-order valence-corrected chi connectivity index (χ3v) is 6.88. The van der Waals surface area contributed by atoms with Crippen LogP contribution in [0.4, 0.5) is 4.39 Å². The van der Waals surface area contributed by atoms with Gasteiger partial charge in [0.25, 0.3) is 0 Å². The minimum atomic E-state index is -3.61. The lowest BCUT2D eigenvalue weighted by molar-refractivity contribution is 0.585. The molecule has 4 N–H and O–H groups in total. The van der Waals surface area contributed by atoms with Gasteiger partial charge in [-0.25, -0.2) is 12.8 Å². The van der Waals surface area contributed by atoms with Gasteiger partial charge in [-0.1, -0.05) is 29.8 Å². The average Bonchev–Trinajstić information content (AvgIpc) is 3.16. The van der Waals surface area contributed by atoms with Gasteiger partial charge in [-0.05, 0) is 36.8 Å². The van der Waals surface area contributed by atoms with Gasteiger partial charge in [0.15, 0.2) is 9.84 Å². The maximum absolute atomic E-state index is 13.1. The van der Waals surface area contributed by atoms with E-state index in [1.807, 2.05) is 6.92 Å². The molecule has 0 bridgehead atoms. The van der Waals surface area contributed by atoms with Crippen LogP contribution in [0, 0.1) is 12.7 Å². The summed E-state index contributed by atoms with van der Waals surface area (Å²) < 4.78 is 38.9. The smallest absolute Gasteiger partial charge is 0.183 e. The van der Waals surface area contributed by atoms with Gasteiger partial charge in [-0.15, -0.1) is 0 Å². The van der Waals surface area contributed by atoms with Crippen LogP contribution in [0.1, 0.15) is 17.0 Å². The Kier molecular flexibility index (Phi) is 3.78. The molecule has 23 heavy (non-hydrogen) atoms. The molecular formula is C17H19FN2O2S. The normalized spacial score (nSPS) is 27.0. The lowest BCUT2D eigenvalue weighted by Gasteiger charge is -2.09. The highest BCUT2D eigenvalue weighted by Crippen LogP contribution is 2.55. The molecule has 1 saturated carbocycles. The van der Waals surface area contributed by atoms with Gasteiger partial charge in [-0.2, -0.15) is 0 Å². The Morgan fingerprint density at radius 3 is 2.17 bits per heavy atom. The summed E-state index contributed by atoms with van der Waals surface area (Å²) in [7, 11) is -3.61. The molecule has 0 aliphatic heterocycles. The molecule has 122 valence electrons. The van der Waals surface area contributed by atoms with Gasteiger partial charge < -0.3 is 11.5 Å². The van der Waals surface area contributed by atoms with E-state index in [-0.39, 0.29) is 17.3 Å². The lowest BCUT2D eigenvalue weighted by Crippen LogP contribution is -2.39. The van der Waals surface area contributed by atoms with Crippen molar-refractivity contribution in [1.82, 2.24) is 0 Å². The number of hydrogen-bond acceptors (Lipinski definition) is 4. The van der Waals surface area contributed by atoms with Crippen molar-refractivity contribution in [3.63, 3.8) is 0 Å². The second-order valence-electron chi connectivity index (χ2n) is 6.12. The summed E-state index contributed by atoms with van der Waals surface area (Å²) in [4.78, 5) is 0.237. The van der Waals surface area contributed by atoms with E-state index >= 15 is 0 Å². The first-order valence-electron chi connectivity index (χ1n) is 7.35. The molecule has 0 amide bonds. The van der Waals surface area contributed by atoms with Crippen molar-refractivity contribution in [2.75, 3.05) is 6.54 Å². The molecule has 2 aromatic rings. The summed E-state index contributed by atoms with van der Waals surface area (Å²) >= 11 is 0. The van der Waals surface area contributed by atoms with E-state index in [4.69, 9.17) is 11.5 Å². The molecule has 0 aromatic heterocycles. The van der Waals surface area contributed by atoms with Crippen LogP contribution in [0.15, 0.2) is 53.4 Å². The summed E-state index contributed by atoms with van der Waals surface area (Å²) in [6.07, 6.45) is 0. The van der Waals surface area contributed by atoms with Gasteiger partial charge >= 0.3 is 0 Å². The summed E-state index contributed by atoms with van der Waals surface area (Å²) in [5, 5.41) is -0.798.